The molecular formula is C16H23Cl2N3O2. The van der Waals surface area contributed by atoms with E-state index in [1.54, 1.807) is 6.07 Å². The first-order chi connectivity index (χ1) is 9.87. The molecule has 5 nitrogen and oxygen atoms in total. The molecule has 0 aromatic carbocycles. The second-order valence-electron chi connectivity index (χ2n) is 6.56. The summed E-state index contributed by atoms with van der Waals surface area (Å²) in [5.74, 6) is 0.278. The zero-order valence-electron chi connectivity index (χ0n) is 13.5. The molecule has 1 aliphatic rings. The summed E-state index contributed by atoms with van der Waals surface area (Å²) in [7, 11) is 0. The van der Waals surface area contributed by atoms with Gasteiger partial charge in [0.05, 0.1) is 0 Å². The van der Waals surface area contributed by atoms with Crippen LogP contribution >= 0.6 is 24.8 Å². The standard InChI is InChI=1S/C16H21N3O2.2ClH/c1-10-4-5-12-11(18-10)8-13(21-12)15(20)19-7-6-14(17)16(2,3)9-19;;/h4-5,8,14H,6-7,9,17H2,1-3H3;2*1H. The van der Waals surface area contributed by atoms with Gasteiger partial charge in [0.15, 0.2) is 11.3 Å². The number of nitrogens with two attached hydrogens (primary N) is 1. The van der Waals surface area contributed by atoms with Crippen LogP contribution in [-0.2, 0) is 0 Å². The molecule has 2 N–H and O–H groups in total. The number of rotatable bonds is 1. The lowest BCUT2D eigenvalue weighted by Gasteiger charge is -2.42. The highest BCUT2D eigenvalue weighted by atomic mass is 35.5. The zero-order chi connectivity index (χ0) is 15.2. The van der Waals surface area contributed by atoms with Crippen LogP contribution in [0.3, 0.4) is 0 Å². The molecule has 1 atom stereocenters. The van der Waals surface area contributed by atoms with Gasteiger partial charge >= 0.3 is 0 Å². The van der Waals surface area contributed by atoms with E-state index in [0.29, 0.717) is 24.4 Å². The van der Waals surface area contributed by atoms with Crippen molar-refractivity contribution in [2.75, 3.05) is 13.1 Å². The summed E-state index contributed by atoms with van der Waals surface area (Å²) in [5.41, 5.74) is 8.33. The van der Waals surface area contributed by atoms with E-state index in [2.05, 4.69) is 18.8 Å². The van der Waals surface area contributed by atoms with E-state index in [1.807, 2.05) is 24.0 Å². The molecule has 1 saturated heterocycles. The first kappa shape index (κ1) is 19.7. The normalized spacial score (nSPS) is 19.8. The SMILES string of the molecule is Cc1ccc2oc(C(=O)N3CCC(N)C(C)(C)C3)cc2n1.Cl.Cl. The molecule has 23 heavy (non-hydrogen) atoms. The number of hydrogen-bond acceptors (Lipinski definition) is 4. The number of pyridine rings is 1. The molecule has 1 fully saturated rings. The Hall–Kier alpha value is -1.30. The van der Waals surface area contributed by atoms with Crippen LogP contribution in [-0.4, -0.2) is 34.9 Å². The number of likely N-dealkylation sites (tertiary alicyclic amines) is 1. The Bertz CT molecular complexity index is 700. The van der Waals surface area contributed by atoms with Crippen LogP contribution in [0.4, 0.5) is 0 Å². The second-order valence-corrected chi connectivity index (χ2v) is 6.56. The predicted molar refractivity (Wildman–Crippen MR) is 95.5 cm³/mol. The molecule has 128 valence electrons. The molecule has 0 radical (unpaired) electrons. The third-order valence-corrected chi connectivity index (χ3v) is 4.32. The average Bonchev–Trinajstić information content (AvgIpc) is 2.83. The number of aryl methyl sites for hydroxylation is 1. The summed E-state index contributed by atoms with van der Waals surface area (Å²) in [5, 5.41) is 0. The number of furan rings is 1. The van der Waals surface area contributed by atoms with Crippen LogP contribution in [0.15, 0.2) is 22.6 Å². The number of halogens is 2. The van der Waals surface area contributed by atoms with E-state index in [1.165, 1.54) is 0 Å². The van der Waals surface area contributed by atoms with Gasteiger partial charge in [-0.25, -0.2) is 4.98 Å². The maximum Gasteiger partial charge on any atom is 0.289 e. The number of hydrogen-bond donors (Lipinski definition) is 1. The lowest BCUT2D eigenvalue weighted by molar-refractivity contribution is 0.0505. The monoisotopic (exact) mass is 359 g/mol. The highest BCUT2D eigenvalue weighted by molar-refractivity contribution is 5.95. The van der Waals surface area contributed by atoms with Gasteiger partial charge in [0.1, 0.15) is 5.52 Å². The van der Waals surface area contributed by atoms with Crippen molar-refractivity contribution in [2.24, 2.45) is 11.1 Å². The number of carbonyl (C=O) groups is 1. The number of nitrogens with zero attached hydrogens (tertiary/aromatic N) is 2. The summed E-state index contributed by atoms with van der Waals surface area (Å²) in [4.78, 5) is 18.8. The van der Waals surface area contributed by atoms with Crippen LogP contribution in [0.2, 0.25) is 0 Å². The third kappa shape index (κ3) is 3.79. The molecule has 0 bridgehead atoms. The van der Waals surface area contributed by atoms with Crippen LogP contribution in [0.1, 0.15) is 36.5 Å². The van der Waals surface area contributed by atoms with Crippen molar-refractivity contribution in [1.82, 2.24) is 9.88 Å². The maximum absolute atomic E-state index is 12.6. The predicted octanol–water partition coefficient (Wildman–Crippen LogP) is 3.18. The van der Waals surface area contributed by atoms with Gasteiger partial charge in [-0.05, 0) is 30.9 Å². The largest absolute Gasteiger partial charge is 0.449 e. The lowest BCUT2D eigenvalue weighted by atomic mass is 9.79. The Morgan fingerprint density at radius 2 is 2.09 bits per heavy atom. The fourth-order valence-electron chi connectivity index (χ4n) is 2.83. The van der Waals surface area contributed by atoms with Gasteiger partial charge in [0.2, 0.25) is 0 Å². The zero-order valence-corrected chi connectivity index (χ0v) is 15.2. The molecule has 1 amide bonds. The molecule has 3 heterocycles. The fourth-order valence-corrected chi connectivity index (χ4v) is 2.83. The molecule has 0 saturated carbocycles. The van der Waals surface area contributed by atoms with Crippen LogP contribution in [0, 0.1) is 12.3 Å². The minimum Gasteiger partial charge on any atom is -0.449 e. The first-order valence-corrected chi connectivity index (χ1v) is 7.29. The van der Waals surface area contributed by atoms with Crippen molar-refractivity contribution in [3.05, 3.63) is 29.7 Å². The third-order valence-electron chi connectivity index (χ3n) is 4.32. The Labute approximate surface area is 148 Å². The quantitative estimate of drug-likeness (QED) is 0.848. The maximum atomic E-state index is 12.6. The average molecular weight is 360 g/mol. The van der Waals surface area contributed by atoms with Crippen LogP contribution in [0.5, 0.6) is 0 Å². The topological polar surface area (TPSA) is 72.4 Å². The molecule has 2 aromatic rings. The van der Waals surface area contributed by atoms with Gasteiger partial charge < -0.3 is 15.1 Å². The summed E-state index contributed by atoms with van der Waals surface area (Å²) >= 11 is 0. The fraction of sp³-hybridized carbons (Fsp3) is 0.500. The number of piperidine rings is 1. The van der Waals surface area contributed by atoms with Gasteiger partial charge in [-0.2, -0.15) is 0 Å². The van der Waals surface area contributed by atoms with Crippen molar-refractivity contribution < 1.29 is 9.21 Å². The highest BCUT2D eigenvalue weighted by Crippen LogP contribution is 2.29. The molecule has 0 spiro atoms. The molecule has 1 unspecified atom stereocenters. The minimum atomic E-state index is -0.0781. The summed E-state index contributed by atoms with van der Waals surface area (Å²) < 4.78 is 5.65. The molecule has 3 rings (SSSR count). The summed E-state index contributed by atoms with van der Waals surface area (Å²) in [6.07, 6.45) is 0.816. The van der Waals surface area contributed by atoms with Gasteiger partial charge in [-0.15, -0.1) is 24.8 Å². The van der Waals surface area contributed by atoms with E-state index < -0.39 is 0 Å². The molecule has 7 heteroatoms. The summed E-state index contributed by atoms with van der Waals surface area (Å²) in [6.45, 7) is 7.44. The van der Waals surface area contributed by atoms with Crippen molar-refractivity contribution in [2.45, 2.75) is 33.2 Å². The minimum absolute atomic E-state index is 0. The van der Waals surface area contributed by atoms with E-state index >= 15 is 0 Å². The van der Waals surface area contributed by atoms with Crippen molar-refractivity contribution in [3.63, 3.8) is 0 Å². The van der Waals surface area contributed by atoms with E-state index in [-0.39, 0.29) is 42.2 Å². The van der Waals surface area contributed by atoms with E-state index in [4.69, 9.17) is 10.2 Å². The number of aromatic nitrogens is 1. The van der Waals surface area contributed by atoms with Gasteiger partial charge in [0.25, 0.3) is 5.91 Å². The Balaban J connectivity index is 0.00000132. The Kier molecular flexibility index (Phi) is 6.07. The smallest absolute Gasteiger partial charge is 0.289 e. The van der Waals surface area contributed by atoms with Crippen LogP contribution < -0.4 is 5.73 Å². The number of fused-ring (bicyclic) bond motifs is 1. The van der Waals surface area contributed by atoms with Crippen LogP contribution in [0.25, 0.3) is 11.1 Å². The molecule has 2 aromatic heterocycles. The second kappa shape index (κ2) is 7.07. The Morgan fingerprint density at radius 3 is 2.74 bits per heavy atom. The molecule has 0 aliphatic carbocycles. The van der Waals surface area contributed by atoms with E-state index in [9.17, 15) is 4.79 Å². The van der Waals surface area contributed by atoms with Crippen molar-refractivity contribution >= 4 is 41.8 Å². The van der Waals surface area contributed by atoms with Crippen molar-refractivity contribution in [1.29, 1.82) is 0 Å². The molecule has 1 aliphatic heterocycles. The molecular weight excluding hydrogens is 337 g/mol. The summed E-state index contributed by atoms with van der Waals surface area (Å²) in [6, 6.07) is 5.58. The first-order valence-electron chi connectivity index (χ1n) is 7.29. The number of amides is 1. The van der Waals surface area contributed by atoms with E-state index in [0.717, 1.165) is 17.6 Å². The van der Waals surface area contributed by atoms with Gasteiger partial charge in [-0.1, -0.05) is 13.8 Å². The lowest BCUT2D eigenvalue weighted by Crippen LogP contribution is -2.53. The van der Waals surface area contributed by atoms with Gasteiger partial charge in [-0.3, -0.25) is 4.79 Å². The highest BCUT2D eigenvalue weighted by Gasteiger charge is 2.36. The van der Waals surface area contributed by atoms with Gasteiger partial charge in [0, 0.05) is 30.9 Å². The van der Waals surface area contributed by atoms with Crippen molar-refractivity contribution in [3.8, 4) is 0 Å². The number of carbonyl (C=O) groups excluding carboxylic acids is 1. The Morgan fingerprint density at radius 1 is 1.39 bits per heavy atom.